The van der Waals surface area contributed by atoms with Gasteiger partial charge in [-0.25, -0.2) is 0 Å². The summed E-state index contributed by atoms with van der Waals surface area (Å²) in [6.07, 6.45) is 4.47. The monoisotopic (exact) mass is 142 g/mol. The summed E-state index contributed by atoms with van der Waals surface area (Å²) in [5, 5.41) is 17.9. The SMILES string of the molecule is CC=CC(O)C(=CC)CO. The molecule has 0 radical (unpaired) electrons. The van der Waals surface area contributed by atoms with Crippen molar-refractivity contribution in [3.63, 3.8) is 0 Å². The van der Waals surface area contributed by atoms with Crippen LogP contribution in [-0.2, 0) is 0 Å². The zero-order chi connectivity index (χ0) is 7.98. The Morgan fingerprint density at radius 3 is 2.40 bits per heavy atom. The quantitative estimate of drug-likeness (QED) is 0.574. The number of rotatable bonds is 3. The van der Waals surface area contributed by atoms with E-state index < -0.39 is 6.10 Å². The van der Waals surface area contributed by atoms with Crippen molar-refractivity contribution in [2.24, 2.45) is 0 Å². The molecule has 0 rings (SSSR count). The molecule has 0 aromatic rings. The lowest BCUT2D eigenvalue weighted by molar-refractivity contribution is 0.226. The molecule has 1 atom stereocenters. The van der Waals surface area contributed by atoms with Crippen molar-refractivity contribution in [1.82, 2.24) is 0 Å². The first-order valence-corrected chi connectivity index (χ1v) is 3.33. The minimum absolute atomic E-state index is 0.0813. The predicted molar refractivity (Wildman–Crippen MR) is 41.7 cm³/mol. The highest BCUT2D eigenvalue weighted by molar-refractivity contribution is 5.13. The van der Waals surface area contributed by atoms with E-state index in [2.05, 4.69) is 0 Å². The summed E-state index contributed by atoms with van der Waals surface area (Å²) in [5.74, 6) is 0. The van der Waals surface area contributed by atoms with E-state index in [0.717, 1.165) is 0 Å². The first kappa shape index (κ1) is 9.40. The molecule has 2 heteroatoms. The molecule has 2 nitrogen and oxygen atoms in total. The van der Waals surface area contributed by atoms with E-state index in [9.17, 15) is 5.11 Å². The van der Waals surface area contributed by atoms with E-state index in [1.807, 2.05) is 6.92 Å². The highest BCUT2D eigenvalue weighted by Crippen LogP contribution is 2.01. The molecule has 0 fully saturated rings. The van der Waals surface area contributed by atoms with Crippen molar-refractivity contribution in [3.8, 4) is 0 Å². The van der Waals surface area contributed by atoms with Crippen LogP contribution in [0.5, 0.6) is 0 Å². The second-order valence-electron chi connectivity index (χ2n) is 1.99. The molecule has 10 heavy (non-hydrogen) atoms. The van der Waals surface area contributed by atoms with Crippen molar-refractivity contribution in [3.05, 3.63) is 23.8 Å². The second kappa shape index (κ2) is 5.21. The lowest BCUT2D eigenvalue weighted by Gasteiger charge is -2.06. The van der Waals surface area contributed by atoms with Gasteiger partial charge in [0.1, 0.15) is 0 Å². The highest BCUT2D eigenvalue weighted by Gasteiger charge is 2.02. The number of aliphatic hydroxyl groups is 2. The molecule has 0 aromatic heterocycles. The van der Waals surface area contributed by atoms with Crippen LogP contribution < -0.4 is 0 Å². The Balaban J connectivity index is 4.03. The fourth-order valence-corrected chi connectivity index (χ4v) is 0.661. The Morgan fingerprint density at radius 1 is 1.50 bits per heavy atom. The Hall–Kier alpha value is -0.600. The summed E-state index contributed by atoms with van der Waals surface area (Å²) >= 11 is 0. The average Bonchev–Trinajstić information content (AvgIpc) is 1.91. The van der Waals surface area contributed by atoms with E-state index in [1.165, 1.54) is 0 Å². The summed E-state index contributed by atoms with van der Waals surface area (Å²) in [7, 11) is 0. The van der Waals surface area contributed by atoms with Crippen molar-refractivity contribution in [2.45, 2.75) is 20.0 Å². The molecule has 0 bridgehead atoms. The van der Waals surface area contributed by atoms with Crippen molar-refractivity contribution >= 4 is 0 Å². The van der Waals surface area contributed by atoms with Crippen LogP contribution in [0, 0.1) is 0 Å². The molecule has 0 aliphatic rings. The second-order valence-corrected chi connectivity index (χ2v) is 1.99. The molecule has 0 aromatic carbocycles. The van der Waals surface area contributed by atoms with Gasteiger partial charge in [0.15, 0.2) is 0 Å². The highest BCUT2D eigenvalue weighted by atomic mass is 16.3. The molecule has 0 amide bonds. The lowest BCUT2D eigenvalue weighted by atomic mass is 10.1. The van der Waals surface area contributed by atoms with Crippen LogP contribution in [0.4, 0.5) is 0 Å². The molecular weight excluding hydrogens is 128 g/mol. The Kier molecular flexibility index (Phi) is 4.89. The zero-order valence-electron chi connectivity index (χ0n) is 6.41. The average molecular weight is 142 g/mol. The van der Waals surface area contributed by atoms with Crippen LogP contribution in [0.15, 0.2) is 23.8 Å². The van der Waals surface area contributed by atoms with Gasteiger partial charge < -0.3 is 10.2 Å². The van der Waals surface area contributed by atoms with Gasteiger partial charge in [-0.3, -0.25) is 0 Å². The first-order valence-electron chi connectivity index (χ1n) is 3.33. The van der Waals surface area contributed by atoms with Crippen molar-refractivity contribution in [2.75, 3.05) is 6.61 Å². The summed E-state index contributed by atoms with van der Waals surface area (Å²) in [4.78, 5) is 0. The van der Waals surface area contributed by atoms with Crippen LogP contribution in [0.1, 0.15) is 13.8 Å². The zero-order valence-corrected chi connectivity index (χ0v) is 6.41. The maximum absolute atomic E-state index is 9.19. The molecule has 0 heterocycles. The first-order chi connectivity index (χ1) is 4.76. The Labute approximate surface area is 61.5 Å². The van der Waals surface area contributed by atoms with Crippen LogP contribution >= 0.6 is 0 Å². The molecule has 58 valence electrons. The van der Waals surface area contributed by atoms with Crippen molar-refractivity contribution < 1.29 is 10.2 Å². The van der Waals surface area contributed by atoms with Crippen LogP contribution in [-0.4, -0.2) is 22.9 Å². The number of aliphatic hydroxyl groups excluding tert-OH is 2. The summed E-state index contributed by atoms with van der Waals surface area (Å²) in [5.41, 5.74) is 0.637. The third kappa shape index (κ3) is 2.80. The van der Waals surface area contributed by atoms with Crippen molar-refractivity contribution in [1.29, 1.82) is 0 Å². The third-order valence-corrected chi connectivity index (χ3v) is 1.31. The summed E-state index contributed by atoms with van der Waals surface area (Å²) in [6, 6.07) is 0. The van der Waals surface area contributed by atoms with Gasteiger partial charge in [-0.2, -0.15) is 0 Å². The minimum Gasteiger partial charge on any atom is -0.392 e. The molecule has 0 aliphatic carbocycles. The van der Waals surface area contributed by atoms with Gasteiger partial charge in [0.2, 0.25) is 0 Å². The maximum atomic E-state index is 9.19. The fourth-order valence-electron chi connectivity index (χ4n) is 0.661. The Morgan fingerprint density at radius 2 is 2.10 bits per heavy atom. The van der Waals surface area contributed by atoms with E-state index in [0.29, 0.717) is 5.57 Å². The normalized spacial score (nSPS) is 16.2. The molecule has 0 saturated heterocycles. The molecule has 1 unspecified atom stereocenters. The predicted octanol–water partition coefficient (Wildman–Crippen LogP) is 0.862. The summed E-state index contributed by atoms with van der Waals surface area (Å²) < 4.78 is 0. The largest absolute Gasteiger partial charge is 0.392 e. The van der Waals surface area contributed by atoms with E-state index in [1.54, 1.807) is 25.2 Å². The molecule has 0 saturated carbocycles. The van der Waals surface area contributed by atoms with E-state index >= 15 is 0 Å². The van der Waals surface area contributed by atoms with Crippen LogP contribution in [0.3, 0.4) is 0 Å². The number of allylic oxidation sites excluding steroid dienone is 2. The van der Waals surface area contributed by atoms with E-state index in [-0.39, 0.29) is 6.61 Å². The smallest absolute Gasteiger partial charge is 0.0953 e. The maximum Gasteiger partial charge on any atom is 0.0953 e. The van der Waals surface area contributed by atoms with Gasteiger partial charge in [-0.15, -0.1) is 0 Å². The molecule has 0 aliphatic heterocycles. The van der Waals surface area contributed by atoms with Crippen LogP contribution in [0.2, 0.25) is 0 Å². The van der Waals surface area contributed by atoms with Crippen LogP contribution in [0.25, 0.3) is 0 Å². The number of hydrogen-bond acceptors (Lipinski definition) is 2. The molecule has 2 N–H and O–H groups in total. The van der Waals surface area contributed by atoms with Gasteiger partial charge in [-0.1, -0.05) is 18.2 Å². The van der Waals surface area contributed by atoms with Gasteiger partial charge in [0.25, 0.3) is 0 Å². The summed E-state index contributed by atoms with van der Waals surface area (Å²) in [6.45, 7) is 3.54. The molecular formula is C8H14O2. The lowest BCUT2D eigenvalue weighted by Crippen LogP contribution is -2.09. The van der Waals surface area contributed by atoms with Gasteiger partial charge in [-0.05, 0) is 19.4 Å². The standard InChI is InChI=1S/C8H14O2/c1-3-5-8(10)7(4-2)6-9/h3-5,8-10H,6H2,1-2H3. The molecule has 0 spiro atoms. The Bertz CT molecular complexity index is 136. The number of hydrogen-bond donors (Lipinski definition) is 2. The third-order valence-electron chi connectivity index (χ3n) is 1.31. The topological polar surface area (TPSA) is 40.5 Å². The van der Waals surface area contributed by atoms with E-state index in [4.69, 9.17) is 5.11 Å². The fraction of sp³-hybridized carbons (Fsp3) is 0.500. The van der Waals surface area contributed by atoms with Gasteiger partial charge >= 0.3 is 0 Å². The minimum atomic E-state index is -0.625. The van der Waals surface area contributed by atoms with Gasteiger partial charge in [0.05, 0.1) is 12.7 Å². The van der Waals surface area contributed by atoms with Gasteiger partial charge in [0, 0.05) is 0 Å².